The maximum Gasteiger partial charge on any atom is 0.243 e. The van der Waals surface area contributed by atoms with Crippen LogP contribution in [0, 0.1) is 5.92 Å². The van der Waals surface area contributed by atoms with Crippen molar-refractivity contribution in [3.63, 3.8) is 0 Å². The van der Waals surface area contributed by atoms with Crippen LogP contribution >= 0.6 is 11.8 Å². The second-order valence-electron chi connectivity index (χ2n) is 4.78. The lowest BCUT2D eigenvalue weighted by Crippen LogP contribution is -2.43. The van der Waals surface area contributed by atoms with Crippen LogP contribution in [-0.2, 0) is 4.79 Å². The van der Waals surface area contributed by atoms with Gasteiger partial charge < -0.3 is 4.90 Å². The SMILES string of the molecule is CCC1(C)NCN(CC2CCSC2)C1=O. The number of hydrogen-bond donors (Lipinski definition) is 1. The molecule has 2 rings (SSSR count). The molecule has 0 aliphatic carbocycles. The van der Waals surface area contributed by atoms with Crippen LogP contribution < -0.4 is 5.32 Å². The molecule has 2 aliphatic rings. The zero-order chi connectivity index (χ0) is 10.9. The molecule has 3 nitrogen and oxygen atoms in total. The normalized spacial score (nSPS) is 36.5. The number of amides is 1. The Hall–Kier alpha value is -0.220. The standard InChI is InChI=1S/C11H20N2OS/c1-3-11(2)10(14)13(8-12-11)6-9-4-5-15-7-9/h9,12H,3-8H2,1-2H3. The highest BCUT2D eigenvalue weighted by atomic mass is 32.2. The van der Waals surface area contributed by atoms with Crippen molar-refractivity contribution in [2.45, 2.75) is 32.2 Å². The Morgan fingerprint density at radius 3 is 3.00 bits per heavy atom. The van der Waals surface area contributed by atoms with Crippen molar-refractivity contribution < 1.29 is 4.79 Å². The minimum atomic E-state index is -0.300. The maximum absolute atomic E-state index is 12.1. The van der Waals surface area contributed by atoms with Crippen LogP contribution in [0.4, 0.5) is 0 Å². The van der Waals surface area contributed by atoms with E-state index < -0.39 is 0 Å². The first kappa shape index (κ1) is 11.3. The van der Waals surface area contributed by atoms with Crippen molar-refractivity contribution in [2.75, 3.05) is 24.7 Å². The van der Waals surface area contributed by atoms with Crippen LogP contribution in [0.5, 0.6) is 0 Å². The highest BCUT2D eigenvalue weighted by molar-refractivity contribution is 7.99. The summed E-state index contributed by atoms with van der Waals surface area (Å²) in [5, 5.41) is 3.33. The van der Waals surface area contributed by atoms with Gasteiger partial charge in [0.05, 0.1) is 12.2 Å². The molecule has 2 atom stereocenters. The van der Waals surface area contributed by atoms with E-state index in [-0.39, 0.29) is 5.54 Å². The largest absolute Gasteiger partial charge is 0.328 e. The molecule has 1 amide bonds. The van der Waals surface area contributed by atoms with Gasteiger partial charge in [-0.25, -0.2) is 0 Å². The van der Waals surface area contributed by atoms with E-state index in [0.29, 0.717) is 5.91 Å². The topological polar surface area (TPSA) is 32.3 Å². The first-order valence-corrected chi connectivity index (χ1v) is 6.93. The molecular formula is C11H20N2OS. The van der Waals surface area contributed by atoms with Crippen molar-refractivity contribution in [3.05, 3.63) is 0 Å². The molecule has 0 bridgehead atoms. The van der Waals surface area contributed by atoms with Gasteiger partial charge in [0.15, 0.2) is 0 Å². The van der Waals surface area contributed by atoms with Gasteiger partial charge in [-0.05, 0) is 37.2 Å². The summed E-state index contributed by atoms with van der Waals surface area (Å²) in [6.45, 7) is 5.78. The number of carbonyl (C=O) groups excluding carboxylic acids is 1. The molecule has 2 aliphatic heterocycles. The van der Waals surface area contributed by atoms with Crippen molar-refractivity contribution in [2.24, 2.45) is 5.92 Å². The van der Waals surface area contributed by atoms with Gasteiger partial charge in [-0.15, -0.1) is 0 Å². The Labute approximate surface area is 96.0 Å². The molecule has 2 heterocycles. The number of thioether (sulfide) groups is 1. The number of rotatable bonds is 3. The fourth-order valence-corrected chi connectivity index (χ4v) is 3.50. The lowest BCUT2D eigenvalue weighted by molar-refractivity contribution is -0.132. The van der Waals surface area contributed by atoms with E-state index in [9.17, 15) is 4.79 Å². The van der Waals surface area contributed by atoms with Crippen LogP contribution in [0.25, 0.3) is 0 Å². The zero-order valence-electron chi connectivity index (χ0n) is 9.58. The van der Waals surface area contributed by atoms with Crippen LogP contribution in [0.1, 0.15) is 26.7 Å². The minimum absolute atomic E-state index is 0.293. The average Bonchev–Trinajstić information content (AvgIpc) is 2.83. The fourth-order valence-electron chi connectivity index (χ4n) is 2.23. The van der Waals surface area contributed by atoms with Crippen LogP contribution in [0.15, 0.2) is 0 Å². The van der Waals surface area contributed by atoms with Crippen molar-refractivity contribution in [1.82, 2.24) is 10.2 Å². The maximum atomic E-state index is 12.1. The first-order chi connectivity index (χ1) is 7.15. The van der Waals surface area contributed by atoms with Crippen molar-refractivity contribution in [3.8, 4) is 0 Å². The Bertz CT molecular complexity index is 253. The quantitative estimate of drug-likeness (QED) is 0.790. The molecule has 0 radical (unpaired) electrons. The van der Waals surface area contributed by atoms with E-state index in [1.54, 1.807) is 0 Å². The summed E-state index contributed by atoms with van der Waals surface area (Å²) in [7, 11) is 0. The smallest absolute Gasteiger partial charge is 0.243 e. The molecule has 86 valence electrons. The lowest BCUT2D eigenvalue weighted by atomic mass is 9.99. The third-order valence-electron chi connectivity index (χ3n) is 3.63. The fraction of sp³-hybridized carbons (Fsp3) is 0.909. The molecule has 0 spiro atoms. The summed E-state index contributed by atoms with van der Waals surface area (Å²) in [6.07, 6.45) is 2.15. The summed E-state index contributed by atoms with van der Waals surface area (Å²) in [4.78, 5) is 14.1. The van der Waals surface area contributed by atoms with Crippen LogP contribution in [-0.4, -0.2) is 41.1 Å². The predicted octanol–water partition coefficient (Wildman–Crippen LogP) is 1.30. The molecule has 0 aromatic rings. The second-order valence-corrected chi connectivity index (χ2v) is 5.93. The van der Waals surface area contributed by atoms with Crippen LogP contribution in [0.3, 0.4) is 0 Å². The molecule has 0 aromatic heterocycles. The van der Waals surface area contributed by atoms with E-state index in [0.717, 1.165) is 25.6 Å². The third kappa shape index (κ3) is 2.16. The van der Waals surface area contributed by atoms with Gasteiger partial charge in [0.1, 0.15) is 0 Å². The Kier molecular flexibility index (Phi) is 3.26. The van der Waals surface area contributed by atoms with Gasteiger partial charge in [-0.2, -0.15) is 11.8 Å². The summed E-state index contributed by atoms with van der Waals surface area (Å²) in [6, 6.07) is 0. The number of nitrogens with zero attached hydrogens (tertiary/aromatic N) is 1. The van der Waals surface area contributed by atoms with Gasteiger partial charge in [-0.1, -0.05) is 6.92 Å². The lowest BCUT2D eigenvalue weighted by Gasteiger charge is -2.22. The van der Waals surface area contributed by atoms with Crippen molar-refractivity contribution in [1.29, 1.82) is 0 Å². The van der Waals surface area contributed by atoms with E-state index in [1.807, 2.05) is 23.6 Å². The van der Waals surface area contributed by atoms with Crippen LogP contribution in [0.2, 0.25) is 0 Å². The molecular weight excluding hydrogens is 208 g/mol. The molecule has 0 aromatic carbocycles. The molecule has 2 saturated heterocycles. The molecule has 4 heteroatoms. The predicted molar refractivity (Wildman–Crippen MR) is 63.8 cm³/mol. The highest BCUT2D eigenvalue weighted by Gasteiger charge is 2.41. The molecule has 1 N–H and O–H groups in total. The Balaban J connectivity index is 1.92. The van der Waals surface area contributed by atoms with Crippen molar-refractivity contribution >= 4 is 17.7 Å². The number of hydrogen-bond acceptors (Lipinski definition) is 3. The summed E-state index contributed by atoms with van der Waals surface area (Å²) >= 11 is 2.01. The zero-order valence-corrected chi connectivity index (χ0v) is 10.4. The first-order valence-electron chi connectivity index (χ1n) is 5.78. The minimum Gasteiger partial charge on any atom is -0.328 e. The van der Waals surface area contributed by atoms with E-state index >= 15 is 0 Å². The number of carbonyl (C=O) groups is 1. The molecule has 15 heavy (non-hydrogen) atoms. The average molecular weight is 228 g/mol. The van der Waals surface area contributed by atoms with Gasteiger partial charge in [0.25, 0.3) is 0 Å². The summed E-state index contributed by atoms with van der Waals surface area (Å²) in [5.74, 6) is 3.51. The number of nitrogens with one attached hydrogen (secondary N) is 1. The molecule has 2 unspecified atom stereocenters. The molecule has 2 fully saturated rings. The molecule has 0 saturated carbocycles. The van der Waals surface area contributed by atoms with Gasteiger partial charge in [0, 0.05) is 6.54 Å². The van der Waals surface area contributed by atoms with E-state index in [4.69, 9.17) is 0 Å². The summed E-state index contributed by atoms with van der Waals surface area (Å²) < 4.78 is 0. The van der Waals surface area contributed by atoms with Gasteiger partial charge >= 0.3 is 0 Å². The van der Waals surface area contributed by atoms with Gasteiger partial charge in [0.2, 0.25) is 5.91 Å². The second kappa shape index (κ2) is 4.34. The summed E-state index contributed by atoms with van der Waals surface area (Å²) in [5.41, 5.74) is -0.300. The van der Waals surface area contributed by atoms with E-state index in [2.05, 4.69) is 12.2 Å². The van der Waals surface area contributed by atoms with E-state index in [1.165, 1.54) is 17.9 Å². The highest BCUT2D eigenvalue weighted by Crippen LogP contribution is 2.26. The Morgan fingerprint density at radius 2 is 2.47 bits per heavy atom. The third-order valence-corrected chi connectivity index (χ3v) is 4.86. The van der Waals surface area contributed by atoms with Gasteiger partial charge in [-0.3, -0.25) is 10.1 Å². The monoisotopic (exact) mass is 228 g/mol. The Morgan fingerprint density at radius 1 is 1.67 bits per heavy atom.